The summed E-state index contributed by atoms with van der Waals surface area (Å²) in [5, 5.41) is 17.2. The minimum absolute atomic E-state index is 0.195. The van der Waals surface area contributed by atoms with Crippen molar-refractivity contribution in [3.05, 3.63) is 29.3 Å². The van der Waals surface area contributed by atoms with Crippen molar-refractivity contribution in [2.75, 3.05) is 0 Å². The van der Waals surface area contributed by atoms with E-state index in [0.29, 0.717) is 6.07 Å². The molecule has 0 atom stereocenters. The molecular weight excluding hydrogens is 250 g/mol. The van der Waals surface area contributed by atoms with Crippen molar-refractivity contribution in [3.63, 3.8) is 0 Å². The van der Waals surface area contributed by atoms with E-state index in [9.17, 15) is 22.0 Å². The van der Waals surface area contributed by atoms with Gasteiger partial charge in [-0.25, -0.2) is 8.78 Å². The third-order valence-electron chi connectivity index (χ3n) is 1.73. The van der Waals surface area contributed by atoms with Crippen LogP contribution in [0.3, 0.4) is 0 Å². The van der Waals surface area contributed by atoms with Crippen LogP contribution in [0.1, 0.15) is 5.56 Å². The van der Waals surface area contributed by atoms with E-state index in [-0.39, 0.29) is 6.07 Å². The highest BCUT2D eigenvalue weighted by atomic mass is 19.4. The number of hydrogen-bond donors (Lipinski definition) is 2. The van der Waals surface area contributed by atoms with Gasteiger partial charge in [0.15, 0.2) is 11.6 Å². The summed E-state index contributed by atoms with van der Waals surface area (Å²) >= 11 is 0. The second-order valence-corrected chi connectivity index (χ2v) is 3.11. The Morgan fingerprint density at radius 3 is 2.12 bits per heavy atom. The van der Waals surface area contributed by atoms with Crippen molar-refractivity contribution in [3.8, 4) is 5.75 Å². The Labute approximate surface area is 92.6 Å². The van der Waals surface area contributed by atoms with Crippen LogP contribution in [0.25, 0.3) is 0 Å². The fourth-order valence-corrected chi connectivity index (χ4v) is 1.15. The third-order valence-corrected chi connectivity index (χ3v) is 1.73. The molecule has 9 heteroatoms. The molecule has 0 saturated carbocycles. The Balaban J connectivity index is 3.11. The number of halogens is 5. The Kier molecular flexibility index (Phi) is 3.94. The summed E-state index contributed by atoms with van der Waals surface area (Å²) in [4.78, 5) is 0. The van der Waals surface area contributed by atoms with E-state index in [1.165, 1.54) is 0 Å². The first kappa shape index (κ1) is 13.7. The van der Waals surface area contributed by atoms with Crippen molar-refractivity contribution in [1.82, 2.24) is 0 Å². The normalized spacial score (nSPS) is 11.5. The lowest BCUT2D eigenvalue weighted by Crippen LogP contribution is -2.21. The topological polar surface area (TPSA) is 49.7 Å². The SMILES string of the molecule is OB(O)Cc1cc(F)c(F)cc1OC(F)(F)F. The summed E-state index contributed by atoms with van der Waals surface area (Å²) in [5.74, 6) is -3.94. The summed E-state index contributed by atoms with van der Waals surface area (Å²) in [6.07, 6.45) is -5.80. The molecule has 0 unspecified atom stereocenters. The summed E-state index contributed by atoms with van der Waals surface area (Å²) < 4.78 is 64.7. The van der Waals surface area contributed by atoms with Gasteiger partial charge in [0.1, 0.15) is 5.75 Å². The smallest absolute Gasteiger partial charge is 0.427 e. The maximum atomic E-state index is 12.8. The van der Waals surface area contributed by atoms with Crippen LogP contribution in [0.4, 0.5) is 22.0 Å². The standard InChI is InChI=1S/C8H6BF5O3/c10-5-1-4(3-9(15)16)7(2-6(5)11)17-8(12,13)14/h1-2,15-16H,3H2. The van der Waals surface area contributed by atoms with Crippen LogP contribution < -0.4 is 4.74 Å². The maximum absolute atomic E-state index is 12.8. The zero-order chi connectivity index (χ0) is 13.2. The van der Waals surface area contributed by atoms with Crippen molar-refractivity contribution in [2.24, 2.45) is 0 Å². The molecule has 1 rings (SSSR count). The van der Waals surface area contributed by atoms with Crippen molar-refractivity contribution < 1.29 is 36.7 Å². The van der Waals surface area contributed by atoms with Crippen LogP contribution in [0.15, 0.2) is 12.1 Å². The Hall–Kier alpha value is -1.35. The van der Waals surface area contributed by atoms with E-state index in [4.69, 9.17) is 10.0 Å². The molecule has 0 heterocycles. The molecule has 2 N–H and O–H groups in total. The van der Waals surface area contributed by atoms with E-state index >= 15 is 0 Å². The molecule has 0 spiro atoms. The Morgan fingerprint density at radius 1 is 1.12 bits per heavy atom. The summed E-state index contributed by atoms with van der Waals surface area (Å²) in [5.41, 5.74) is -0.503. The van der Waals surface area contributed by atoms with Gasteiger partial charge in [0.25, 0.3) is 0 Å². The Morgan fingerprint density at radius 2 is 1.65 bits per heavy atom. The molecule has 0 fully saturated rings. The summed E-state index contributed by atoms with van der Waals surface area (Å²) in [7, 11) is -2.00. The van der Waals surface area contributed by atoms with Gasteiger partial charge in [-0.1, -0.05) is 0 Å². The molecule has 0 amide bonds. The van der Waals surface area contributed by atoms with Crippen LogP contribution in [-0.2, 0) is 6.32 Å². The van der Waals surface area contributed by atoms with Crippen molar-refractivity contribution in [2.45, 2.75) is 12.7 Å². The quantitative estimate of drug-likeness (QED) is 0.635. The van der Waals surface area contributed by atoms with E-state index in [1.54, 1.807) is 0 Å². The number of ether oxygens (including phenoxy) is 1. The van der Waals surface area contributed by atoms with Crippen LogP contribution in [0.2, 0.25) is 0 Å². The first-order chi connectivity index (χ1) is 7.69. The van der Waals surface area contributed by atoms with Gasteiger partial charge < -0.3 is 14.8 Å². The predicted molar refractivity (Wildman–Crippen MR) is 46.9 cm³/mol. The average molecular weight is 256 g/mol. The fourth-order valence-electron chi connectivity index (χ4n) is 1.15. The number of benzene rings is 1. The van der Waals surface area contributed by atoms with Gasteiger partial charge in [0.05, 0.1) is 0 Å². The van der Waals surface area contributed by atoms with Gasteiger partial charge in [-0.3, -0.25) is 0 Å². The molecule has 0 aromatic heterocycles. The lowest BCUT2D eigenvalue weighted by Gasteiger charge is -2.13. The highest BCUT2D eigenvalue weighted by Gasteiger charge is 2.33. The van der Waals surface area contributed by atoms with Crippen LogP contribution in [-0.4, -0.2) is 23.5 Å². The monoisotopic (exact) mass is 256 g/mol. The minimum atomic E-state index is -5.08. The number of alkyl halides is 3. The fraction of sp³-hybridized carbons (Fsp3) is 0.250. The summed E-state index contributed by atoms with van der Waals surface area (Å²) in [6, 6.07) is 0.608. The molecule has 0 radical (unpaired) electrons. The molecule has 1 aromatic rings. The van der Waals surface area contributed by atoms with E-state index < -0.39 is 42.7 Å². The van der Waals surface area contributed by atoms with Gasteiger partial charge in [0, 0.05) is 12.4 Å². The third kappa shape index (κ3) is 4.19. The molecule has 0 aliphatic heterocycles. The van der Waals surface area contributed by atoms with Crippen LogP contribution in [0, 0.1) is 11.6 Å². The van der Waals surface area contributed by atoms with Gasteiger partial charge in [-0.15, -0.1) is 13.2 Å². The zero-order valence-electron chi connectivity index (χ0n) is 8.13. The van der Waals surface area contributed by atoms with Crippen LogP contribution >= 0.6 is 0 Å². The van der Waals surface area contributed by atoms with E-state index in [1.807, 2.05) is 0 Å². The molecule has 1 aromatic carbocycles. The average Bonchev–Trinajstić information content (AvgIpc) is 2.10. The summed E-state index contributed by atoms with van der Waals surface area (Å²) in [6.45, 7) is 0. The first-order valence-electron chi connectivity index (χ1n) is 4.29. The van der Waals surface area contributed by atoms with E-state index in [2.05, 4.69) is 4.74 Å². The second-order valence-electron chi connectivity index (χ2n) is 3.11. The number of rotatable bonds is 3. The predicted octanol–water partition coefficient (Wildman–Crippen LogP) is 1.42. The first-order valence-corrected chi connectivity index (χ1v) is 4.29. The molecule has 0 saturated heterocycles. The highest BCUT2D eigenvalue weighted by Crippen LogP contribution is 2.29. The van der Waals surface area contributed by atoms with E-state index in [0.717, 1.165) is 0 Å². The maximum Gasteiger partial charge on any atom is 0.573 e. The van der Waals surface area contributed by atoms with Gasteiger partial charge >= 0.3 is 13.5 Å². The number of hydrogen-bond acceptors (Lipinski definition) is 3. The molecule has 0 aliphatic carbocycles. The van der Waals surface area contributed by atoms with Gasteiger partial charge in [-0.05, 0) is 11.6 Å². The second kappa shape index (κ2) is 4.88. The molecule has 0 bridgehead atoms. The molecule has 94 valence electrons. The molecule has 17 heavy (non-hydrogen) atoms. The van der Waals surface area contributed by atoms with Crippen molar-refractivity contribution >= 4 is 7.12 Å². The minimum Gasteiger partial charge on any atom is -0.427 e. The van der Waals surface area contributed by atoms with Crippen LogP contribution in [0.5, 0.6) is 5.75 Å². The Bertz CT molecular complexity index is 407. The molecule has 0 aliphatic rings. The van der Waals surface area contributed by atoms with Gasteiger partial charge in [-0.2, -0.15) is 0 Å². The lowest BCUT2D eigenvalue weighted by atomic mass is 9.81. The largest absolute Gasteiger partial charge is 0.573 e. The van der Waals surface area contributed by atoms with Crippen molar-refractivity contribution in [1.29, 1.82) is 0 Å². The van der Waals surface area contributed by atoms with Gasteiger partial charge in [0.2, 0.25) is 0 Å². The molecular formula is C8H6BF5O3. The highest BCUT2D eigenvalue weighted by molar-refractivity contribution is 6.40. The lowest BCUT2D eigenvalue weighted by molar-refractivity contribution is -0.275. The zero-order valence-corrected chi connectivity index (χ0v) is 8.13. The molecule has 3 nitrogen and oxygen atoms in total.